The minimum atomic E-state index is 0.134. The largest absolute Gasteiger partial charge is 0.295 e. The Bertz CT molecular complexity index is 1200. The van der Waals surface area contributed by atoms with Gasteiger partial charge in [0.25, 0.3) is 0 Å². The van der Waals surface area contributed by atoms with Crippen LogP contribution in [-0.2, 0) is 25.7 Å². The first-order chi connectivity index (χ1) is 13.2. The fourth-order valence-electron chi connectivity index (χ4n) is 4.52. The van der Waals surface area contributed by atoms with Gasteiger partial charge in [0, 0.05) is 5.56 Å². The van der Waals surface area contributed by atoms with E-state index in [1.807, 2.05) is 6.07 Å². The summed E-state index contributed by atoms with van der Waals surface area (Å²) >= 11 is 0. The van der Waals surface area contributed by atoms with Crippen LogP contribution in [-0.4, -0.2) is 5.78 Å². The summed E-state index contributed by atoms with van der Waals surface area (Å²) in [4.78, 5) is 11.9. The van der Waals surface area contributed by atoms with Crippen LogP contribution in [0.25, 0.3) is 21.5 Å². The first-order valence-electron chi connectivity index (χ1n) is 9.76. The van der Waals surface area contributed by atoms with Crippen molar-refractivity contribution < 1.29 is 4.79 Å². The molecular formula is C26H22O. The lowest BCUT2D eigenvalue weighted by molar-refractivity contribution is 0.101. The summed E-state index contributed by atoms with van der Waals surface area (Å²) in [7, 11) is 0. The van der Waals surface area contributed by atoms with E-state index in [0.29, 0.717) is 0 Å². The lowest BCUT2D eigenvalue weighted by Crippen LogP contribution is -2.02. The molecule has 4 aromatic rings. The van der Waals surface area contributed by atoms with E-state index in [1.165, 1.54) is 43.8 Å². The van der Waals surface area contributed by atoms with Crippen LogP contribution in [0.2, 0.25) is 0 Å². The normalized spacial score (nSPS) is 13.7. The minimum absolute atomic E-state index is 0.134. The van der Waals surface area contributed by atoms with E-state index in [4.69, 9.17) is 0 Å². The fraction of sp³-hybridized carbons (Fsp3) is 0.192. The van der Waals surface area contributed by atoms with E-state index >= 15 is 0 Å². The highest BCUT2D eigenvalue weighted by atomic mass is 16.1. The molecule has 0 amide bonds. The van der Waals surface area contributed by atoms with Gasteiger partial charge in [-0.05, 0) is 82.5 Å². The first-order valence-corrected chi connectivity index (χ1v) is 9.76. The zero-order valence-corrected chi connectivity index (χ0v) is 15.6. The van der Waals surface area contributed by atoms with Crippen LogP contribution in [0.5, 0.6) is 0 Å². The van der Waals surface area contributed by atoms with Crippen LogP contribution < -0.4 is 0 Å². The Labute approximate surface area is 159 Å². The second-order valence-corrected chi connectivity index (χ2v) is 7.63. The molecule has 6 rings (SSSR count). The third kappa shape index (κ3) is 2.75. The van der Waals surface area contributed by atoms with Crippen LogP contribution in [0, 0.1) is 0 Å². The highest BCUT2D eigenvalue weighted by Gasteiger charge is 2.13. The molecule has 4 aromatic carbocycles. The molecule has 0 saturated heterocycles. The third-order valence-electron chi connectivity index (χ3n) is 6.04. The van der Waals surface area contributed by atoms with Gasteiger partial charge in [-0.25, -0.2) is 0 Å². The highest BCUT2D eigenvalue weighted by molar-refractivity contribution is 6.00. The van der Waals surface area contributed by atoms with Crippen LogP contribution in [0.15, 0.2) is 66.7 Å². The molecule has 0 heterocycles. The van der Waals surface area contributed by atoms with Gasteiger partial charge >= 0.3 is 0 Å². The lowest BCUT2D eigenvalue weighted by atomic mass is 9.87. The predicted octanol–water partition coefficient (Wildman–Crippen LogP) is 6.08. The number of ketones is 1. The number of benzene rings is 4. The van der Waals surface area contributed by atoms with E-state index in [0.717, 1.165) is 31.2 Å². The third-order valence-corrected chi connectivity index (χ3v) is 6.04. The Balaban J connectivity index is 1.72. The second-order valence-electron chi connectivity index (χ2n) is 7.63. The van der Waals surface area contributed by atoms with Gasteiger partial charge in [-0.2, -0.15) is 0 Å². The van der Waals surface area contributed by atoms with Crippen molar-refractivity contribution in [2.24, 2.45) is 0 Å². The zero-order chi connectivity index (χ0) is 18.4. The number of carbonyl (C=O) groups is 1. The molecular weight excluding hydrogens is 328 g/mol. The number of hydrogen-bond acceptors (Lipinski definition) is 1. The molecule has 0 saturated carbocycles. The summed E-state index contributed by atoms with van der Waals surface area (Å²) < 4.78 is 0. The number of rotatable bonds is 1. The van der Waals surface area contributed by atoms with Crippen molar-refractivity contribution in [1.29, 1.82) is 0 Å². The smallest absolute Gasteiger partial charge is 0.159 e. The minimum Gasteiger partial charge on any atom is -0.295 e. The number of hydrogen-bond donors (Lipinski definition) is 0. The lowest BCUT2D eigenvalue weighted by Gasteiger charge is -2.17. The van der Waals surface area contributed by atoms with Gasteiger partial charge in [-0.3, -0.25) is 4.79 Å². The Kier molecular flexibility index (Phi) is 3.82. The Morgan fingerprint density at radius 3 is 1.52 bits per heavy atom. The van der Waals surface area contributed by atoms with Crippen molar-refractivity contribution in [3.63, 3.8) is 0 Å². The molecule has 1 nitrogen and oxygen atoms in total. The molecule has 4 bridgehead atoms. The Hall–Kier alpha value is -2.93. The molecule has 0 spiro atoms. The van der Waals surface area contributed by atoms with Crippen LogP contribution in [0.4, 0.5) is 0 Å². The molecule has 1 heteroatoms. The second kappa shape index (κ2) is 6.35. The maximum absolute atomic E-state index is 11.9. The van der Waals surface area contributed by atoms with Crippen molar-refractivity contribution in [2.75, 3.05) is 0 Å². The average Bonchev–Trinajstić information content (AvgIpc) is 2.69. The van der Waals surface area contributed by atoms with Gasteiger partial charge in [0.1, 0.15) is 0 Å². The van der Waals surface area contributed by atoms with Crippen molar-refractivity contribution in [2.45, 2.75) is 32.6 Å². The number of aryl methyl sites for hydroxylation is 4. The van der Waals surface area contributed by atoms with Gasteiger partial charge < -0.3 is 0 Å². The maximum Gasteiger partial charge on any atom is 0.159 e. The molecule has 2 aliphatic carbocycles. The molecule has 0 atom stereocenters. The number of fused-ring (bicyclic) bond motifs is 4. The van der Waals surface area contributed by atoms with E-state index in [2.05, 4.69) is 60.7 Å². The molecule has 0 radical (unpaired) electrons. The maximum atomic E-state index is 11.9. The topological polar surface area (TPSA) is 17.1 Å². The molecule has 27 heavy (non-hydrogen) atoms. The molecule has 0 aromatic heterocycles. The average molecular weight is 350 g/mol. The summed E-state index contributed by atoms with van der Waals surface area (Å²) in [6.45, 7) is 1.65. The highest BCUT2D eigenvalue weighted by Crippen LogP contribution is 2.31. The summed E-state index contributed by atoms with van der Waals surface area (Å²) in [5.41, 5.74) is 6.35. The van der Waals surface area contributed by atoms with Gasteiger partial charge in [-0.15, -0.1) is 0 Å². The monoisotopic (exact) mass is 350 g/mol. The van der Waals surface area contributed by atoms with E-state index in [1.54, 1.807) is 6.92 Å². The SMILES string of the molecule is CC(=O)c1ccc2c3ccc(c2c1)CCc1ccc(c2ccccc12)CC3. The Morgan fingerprint density at radius 1 is 0.593 bits per heavy atom. The number of carbonyl (C=O) groups excluding carboxylic acids is 1. The fourth-order valence-corrected chi connectivity index (χ4v) is 4.52. The van der Waals surface area contributed by atoms with Crippen LogP contribution >= 0.6 is 0 Å². The number of Topliss-reactive ketones (excluding diaryl/α,β-unsaturated/α-hetero) is 1. The van der Waals surface area contributed by atoms with Gasteiger partial charge in [0.2, 0.25) is 0 Å². The zero-order valence-electron chi connectivity index (χ0n) is 15.6. The summed E-state index contributed by atoms with van der Waals surface area (Å²) in [6.07, 6.45) is 4.05. The molecule has 0 N–H and O–H groups in total. The predicted molar refractivity (Wildman–Crippen MR) is 113 cm³/mol. The van der Waals surface area contributed by atoms with Gasteiger partial charge in [0.05, 0.1) is 0 Å². The van der Waals surface area contributed by atoms with Gasteiger partial charge in [0.15, 0.2) is 5.78 Å². The van der Waals surface area contributed by atoms with Gasteiger partial charge in [-0.1, -0.05) is 60.7 Å². The molecule has 132 valence electrons. The van der Waals surface area contributed by atoms with E-state index in [9.17, 15) is 4.79 Å². The molecule has 0 unspecified atom stereocenters. The van der Waals surface area contributed by atoms with Crippen molar-refractivity contribution in [3.8, 4) is 0 Å². The van der Waals surface area contributed by atoms with Crippen LogP contribution in [0.1, 0.15) is 39.5 Å². The standard InChI is InChI=1S/C26H22O/c1-17(27)22-14-15-25-20-9-8-18-6-7-19(24-5-3-2-4-23(18)24)10-12-21(13-11-20)26(25)16-22/h2-7,11,13-16H,8-10,12H2,1H3. The van der Waals surface area contributed by atoms with Crippen molar-refractivity contribution >= 4 is 27.3 Å². The summed E-state index contributed by atoms with van der Waals surface area (Å²) in [5, 5.41) is 5.34. The summed E-state index contributed by atoms with van der Waals surface area (Å²) in [5.74, 6) is 0.134. The Morgan fingerprint density at radius 2 is 1.04 bits per heavy atom. The summed E-state index contributed by atoms with van der Waals surface area (Å²) in [6, 6.07) is 24.2. The van der Waals surface area contributed by atoms with E-state index in [-0.39, 0.29) is 5.78 Å². The quantitative estimate of drug-likeness (QED) is 0.380. The molecule has 0 fully saturated rings. The molecule has 0 aliphatic heterocycles. The molecule has 2 aliphatic rings. The van der Waals surface area contributed by atoms with Crippen LogP contribution in [0.3, 0.4) is 0 Å². The van der Waals surface area contributed by atoms with Crippen molar-refractivity contribution in [3.05, 3.63) is 94.5 Å². The van der Waals surface area contributed by atoms with Crippen molar-refractivity contribution in [1.82, 2.24) is 0 Å². The first kappa shape index (κ1) is 16.3. The van der Waals surface area contributed by atoms with E-state index < -0.39 is 0 Å².